The predicted octanol–water partition coefficient (Wildman–Crippen LogP) is 3.05. The maximum Gasteiger partial charge on any atom is 0.0622 e. The van der Waals surface area contributed by atoms with Crippen LogP contribution in [0.1, 0.15) is 46.5 Å². The van der Waals surface area contributed by atoms with E-state index in [0.29, 0.717) is 6.42 Å². The van der Waals surface area contributed by atoms with Crippen molar-refractivity contribution in [3.63, 3.8) is 0 Å². The minimum Gasteiger partial charge on any atom is -0.303 e. The molecule has 0 radical (unpaired) electrons. The van der Waals surface area contributed by atoms with E-state index >= 15 is 0 Å². The highest BCUT2D eigenvalue weighted by molar-refractivity contribution is 4.73. The number of piperidine rings is 1. The molecule has 0 saturated carbocycles. The molecule has 2 heteroatoms. The molecule has 1 aliphatic heterocycles. The van der Waals surface area contributed by atoms with Gasteiger partial charge in [-0.25, -0.2) is 0 Å². The Bertz CT molecular complexity index is 152. The summed E-state index contributed by atoms with van der Waals surface area (Å²) in [6.45, 7) is 9.94. The molecule has 0 amide bonds. The fourth-order valence-corrected chi connectivity index (χ4v) is 1.67. The van der Waals surface area contributed by atoms with E-state index in [1.54, 1.807) is 0 Å². The molecule has 0 N–H and O–H groups in total. The Morgan fingerprint density at radius 1 is 1.29 bits per heavy atom. The predicted molar refractivity (Wildman–Crippen MR) is 61.0 cm³/mol. The van der Waals surface area contributed by atoms with Crippen LogP contribution in [0.2, 0.25) is 0 Å². The Morgan fingerprint density at radius 2 is 1.86 bits per heavy atom. The van der Waals surface area contributed by atoms with Gasteiger partial charge in [0.25, 0.3) is 0 Å². The minimum atomic E-state index is 0.714. The van der Waals surface area contributed by atoms with E-state index in [9.17, 15) is 0 Å². The molecule has 14 heavy (non-hydrogen) atoms. The molecule has 82 valence electrons. The third-order valence-electron chi connectivity index (χ3n) is 2.64. The Kier molecular flexibility index (Phi) is 8.67. The lowest BCUT2D eigenvalue weighted by Crippen LogP contribution is -2.33. The summed E-state index contributed by atoms with van der Waals surface area (Å²) in [7, 11) is 0. The molecular formula is C12H24N2. The molecule has 0 atom stereocenters. The van der Waals surface area contributed by atoms with E-state index in [2.05, 4.69) is 17.9 Å². The number of unbranched alkanes of at least 4 members (excludes halogenated alkanes) is 1. The van der Waals surface area contributed by atoms with Gasteiger partial charge in [-0.2, -0.15) is 5.26 Å². The third-order valence-corrected chi connectivity index (χ3v) is 2.64. The number of nitrogens with zero attached hydrogens (tertiary/aromatic N) is 2. The van der Waals surface area contributed by atoms with E-state index in [4.69, 9.17) is 5.26 Å². The molecule has 1 rings (SSSR count). The Balaban J connectivity index is 0.000000791. The van der Waals surface area contributed by atoms with E-state index < -0.39 is 0 Å². The van der Waals surface area contributed by atoms with Gasteiger partial charge in [0, 0.05) is 6.42 Å². The van der Waals surface area contributed by atoms with Crippen LogP contribution in [0.3, 0.4) is 0 Å². The van der Waals surface area contributed by atoms with Crippen molar-refractivity contribution < 1.29 is 0 Å². The molecule has 0 aliphatic carbocycles. The summed E-state index contributed by atoms with van der Waals surface area (Å²) in [6, 6.07) is 2.19. The molecule has 1 heterocycles. The van der Waals surface area contributed by atoms with Crippen LogP contribution in [0.25, 0.3) is 0 Å². The van der Waals surface area contributed by atoms with Crippen LogP contribution in [0, 0.1) is 17.2 Å². The smallest absolute Gasteiger partial charge is 0.0622 e. The molecule has 0 aromatic rings. The Hall–Kier alpha value is -0.550. The standard InChI is InChI=1S/C10H18N2.C2H6/c1-10-4-8-12(9-5-10)7-3-2-6-11;1-2/h10H,2-5,7-9H2,1H3;1-2H3. The monoisotopic (exact) mass is 196 g/mol. The van der Waals surface area contributed by atoms with Crippen molar-refractivity contribution in [2.24, 2.45) is 5.92 Å². The first-order valence-electron chi connectivity index (χ1n) is 5.92. The summed E-state index contributed by atoms with van der Waals surface area (Å²) >= 11 is 0. The summed E-state index contributed by atoms with van der Waals surface area (Å²) in [6.07, 6.45) is 4.44. The van der Waals surface area contributed by atoms with Crippen LogP contribution < -0.4 is 0 Å². The van der Waals surface area contributed by atoms with Gasteiger partial charge in [0.05, 0.1) is 6.07 Å². The van der Waals surface area contributed by atoms with Crippen molar-refractivity contribution in [2.75, 3.05) is 19.6 Å². The maximum atomic E-state index is 8.37. The van der Waals surface area contributed by atoms with Crippen LogP contribution in [-0.4, -0.2) is 24.5 Å². The quantitative estimate of drug-likeness (QED) is 0.649. The number of likely N-dealkylation sites (tertiary alicyclic amines) is 1. The Labute approximate surface area is 88.9 Å². The molecule has 0 aromatic heterocycles. The van der Waals surface area contributed by atoms with E-state index in [1.807, 2.05) is 13.8 Å². The third kappa shape index (κ3) is 5.99. The first-order valence-corrected chi connectivity index (χ1v) is 5.92. The van der Waals surface area contributed by atoms with Crippen molar-refractivity contribution in [1.29, 1.82) is 5.26 Å². The zero-order chi connectivity index (χ0) is 10.8. The van der Waals surface area contributed by atoms with Crippen LogP contribution in [0.4, 0.5) is 0 Å². The van der Waals surface area contributed by atoms with Gasteiger partial charge in [-0.1, -0.05) is 20.8 Å². The van der Waals surface area contributed by atoms with E-state index in [-0.39, 0.29) is 0 Å². The summed E-state index contributed by atoms with van der Waals surface area (Å²) in [5, 5.41) is 8.37. The van der Waals surface area contributed by atoms with Crippen molar-refractivity contribution >= 4 is 0 Å². The molecule has 1 aliphatic rings. The SMILES string of the molecule is CC.CC1CCN(CCCC#N)CC1. The minimum absolute atomic E-state index is 0.714. The second kappa shape index (κ2) is 9.02. The molecule has 1 fully saturated rings. The molecule has 0 spiro atoms. The summed E-state index contributed by atoms with van der Waals surface area (Å²) < 4.78 is 0. The van der Waals surface area contributed by atoms with E-state index in [1.165, 1.54) is 25.9 Å². The van der Waals surface area contributed by atoms with Gasteiger partial charge in [0.15, 0.2) is 0 Å². The molecule has 0 aromatic carbocycles. The zero-order valence-electron chi connectivity index (χ0n) is 9.92. The highest BCUT2D eigenvalue weighted by Crippen LogP contribution is 2.15. The van der Waals surface area contributed by atoms with Gasteiger partial charge in [-0.05, 0) is 44.8 Å². The van der Waals surface area contributed by atoms with Gasteiger partial charge >= 0.3 is 0 Å². The van der Waals surface area contributed by atoms with Gasteiger partial charge in [0.1, 0.15) is 0 Å². The summed E-state index contributed by atoms with van der Waals surface area (Å²) in [5.74, 6) is 0.914. The van der Waals surface area contributed by atoms with Gasteiger partial charge in [-0.15, -0.1) is 0 Å². The van der Waals surface area contributed by atoms with Crippen molar-refractivity contribution in [2.45, 2.75) is 46.5 Å². The Morgan fingerprint density at radius 3 is 2.36 bits per heavy atom. The van der Waals surface area contributed by atoms with Crippen LogP contribution in [0.5, 0.6) is 0 Å². The molecule has 0 unspecified atom stereocenters. The number of rotatable bonds is 3. The molecule has 2 nitrogen and oxygen atoms in total. The average Bonchev–Trinajstić information content (AvgIpc) is 2.24. The fourth-order valence-electron chi connectivity index (χ4n) is 1.67. The first kappa shape index (κ1) is 13.4. The molecular weight excluding hydrogens is 172 g/mol. The second-order valence-corrected chi connectivity index (χ2v) is 3.79. The van der Waals surface area contributed by atoms with Crippen LogP contribution >= 0.6 is 0 Å². The maximum absolute atomic E-state index is 8.37. The summed E-state index contributed by atoms with van der Waals surface area (Å²) in [4.78, 5) is 2.48. The van der Waals surface area contributed by atoms with Crippen molar-refractivity contribution in [3.8, 4) is 6.07 Å². The normalized spacial score (nSPS) is 18.1. The average molecular weight is 196 g/mol. The first-order chi connectivity index (χ1) is 6.83. The number of nitriles is 1. The highest BCUT2D eigenvalue weighted by atomic mass is 15.1. The molecule has 1 saturated heterocycles. The largest absolute Gasteiger partial charge is 0.303 e. The highest BCUT2D eigenvalue weighted by Gasteiger charge is 2.14. The van der Waals surface area contributed by atoms with Gasteiger partial charge in [0.2, 0.25) is 0 Å². The zero-order valence-corrected chi connectivity index (χ0v) is 9.92. The topological polar surface area (TPSA) is 27.0 Å². The lowest BCUT2D eigenvalue weighted by atomic mass is 9.99. The van der Waals surface area contributed by atoms with Crippen LogP contribution in [0.15, 0.2) is 0 Å². The lowest BCUT2D eigenvalue weighted by molar-refractivity contribution is 0.191. The van der Waals surface area contributed by atoms with Crippen molar-refractivity contribution in [3.05, 3.63) is 0 Å². The second-order valence-electron chi connectivity index (χ2n) is 3.79. The molecule has 0 bridgehead atoms. The lowest BCUT2D eigenvalue weighted by Gasteiger charge is -2.29. The number of hydrogen-bond donors (Lipinski definition) is 0. The summed E-state index contributed by atoms with van der Waals surface area (Å²) in [5.41, 5.74) is 0. The van der Waals surface area contributed by atoms with Gasteiger partial charge < -0.3 is 4.90 Å². The number of hydrogen-bond acceptors (Lipinski definition) is 2. The van der Waals surface area contributed by atoms with Crippen molar-refractivity contribution in [1.82, 2.24) is 4.90 Å². The van der Waals surface area contributed by atoms with Gasteiger partial charge in [-0.3, -0.25) is 0 Å². The van der Waals surface area contributed by atoms with Crippen LogP contribution in [-0.2, 0) is 0 Å². The fraction of sp³-hybridized carbons (Fsp3) is 0.917. The van der Waals surface area contributed by atoms with E-state index in [0.717, 1.165) is 18.9 Å².